The van der Waals surface area contributed by atoms with Crippen molar-refractivity contribution in [3.8, 4) is 0 Å². The van der Waals surface area contributed by atoms with Crippen LogP contribution in [0.15, 0.2) is 18.2 Å². The molecule has 3 N–H and O–H groups in total. The average molecular weight is 319 g/mol. The summed E-state index contributed by atoms with van der Waals surface area (Å²) in [4.78, 5) is 25.7. The minimum absolute atomic E-state index is 0.0123. The number of hydrogen-bond donors (Lipinski definition) is 2. The molecule has 23 heavy (non-hydrogen) atoms. The van der Waals surface area contributed by atoms with Crippen LogP contribution in [-0.2, 0) is 9.59 Å². The van der Waals surface area contributed by atoms with Crippen LogP contribution in [0.5, 0.6) is 0 Å². The molecular formula is C17H22FN3O2. The summed E-state index contributed by atoms with van der Waals surface area (Å²) >= 11 is 0. The molecular weight excluding hydrogens is 297 g/mol. The summed E-state index contributed by atoms with van der Waals surface area (Å²) in [6.07, 6.45) is 2.36. The zero-order chi connectivity index (χ0) is 16.6. The number of halogens is 1. The van der Waals surface area contributed by atoms with Crippen LogP contribution in [-0.4, -0.2) is 30.9 Å². The Bertz CT molecular complexity index is 630. The molecule has 0 bridgehead atoms. The summed E-state index contributed by atoms with van der Waals surface area (Å²) in [5, 5.41) is 2.83. The Kier molecular flexibility index (Phi) is 4.35. The van der Waals surface area contributed by atoms with E-state index in [1.54, 1.807) is 19.1 Å². The molecule has 5 nitrogen and oxygen atoms in total. The van der Waals surface area contributed by atoms with Gasteiger partial charge in [0, 0.05) is 25.6 Å². The third kappa shape index (κ3) is 3.52. The van der Waals surface area contributed by atoms with Gasteiger partial charge in [-0.2, -0.15) is 0 Å². The van der Waals surface area contributed by atoms with Crippen molar-refractivity contribution >= 4 is 17.5 Å². The minimum atomic E-state index is -0.449. The monoisotopic (exact) mass is 319 g/mol. The lowest BCUT2D eigenvalue weighted by atomic mass is 10.1. The van der Waals surface area contributed by atoms with E-state index >= 15 is 0 Å². The van der Waals surface area contributed by atoms with Gasteiger partial charge in [-0.25, -0.2) is 4.39 Å². The first-order chi connectivity index (χ1) is 11.0. The molecule has 1 saturated heterocycles. The summed E-state index contributed by atoms with van der Waals surface area (Å²) in [6, 6.07) is 4.73. The van der Waals surface area contributed by atoms with Crippen molar-refractivity contribution in [3.05, 3.63) is 29.6 Å². The maximum atomic E-state index is 14.0. The van der Waals surface area contributed by atoms with E-state index in [0.717, 1.165) is 18.4 Å². The number of anilines is 1. The van der Waals surface area contributed by atoms with E-state index in [4.69, 9.17) is 5.73 Å². The van der Waals surface area contributed by atoms with Gasteiger partial charge >= 0.3 is 0 Å². The van der Waals surface area contributed by atoms with Crippen molar-refractivity contribution in [1.29, 1.82) is 0 Å². The molecule has 1 aliphatic heterocycles. The molecule has 1 aromatic carbocycles. The Morgan fingerprint density at radius 1 is 1.48 bits per heavy atom. The molecule has 1 heterocycles. The number of rotatable bonds is 5. The third-order valence-corrected chi connectivity index (χ3v) is 4.63. The third-order valence-electron chi connectivity index (χ3n) is 4.63. The van der Waals surface area contributed by atoms with Gasteiger partial charge in [0.15, 0.2) is 0 Å². The smallest absolute Gasteiger partial charge is 0.227 e. The SMILES string of the molecule is Cc1ccc(N2CC(C(=O)NCC(N)C3CC3)CC2=O)c(F)c1. The zero-order valence-electron chi connectivity index (χ0n) is 13.2. The number of aryl methyl sites for hydroxylation is 1. The Morgan fingerprint density at radius 2 is 2.22 bits per heavy atom. The largest absolute Gasteiger partial charge is 0.354 e. The van der Waals surface area contributed by atoms with Gasteiger partial charge in [-0.05, 0) is 43.4 Å². The van der Waals surface area contributed by atoms with Crippen LogP contribution in [0.2, 0.25) is 0 Å². The van der Waals surface area contributed by atoms with Crippen LogP contribution < -0.4 is 16.0 Å². The normalized spacial score (nSPS) is 22.3. The van der Waals surface area contributed by atoms with Crippen LogP contribution >= 0.6 is 0 Å². The summed E-state index contributed by atoms with van der Waals surface area (Å²) < 4.78 is 14.0. The van der Waals surface area contributed by atoms with Crippen molar-refractivity contribution in [1.82, 2.24) is 5.32 Å². The van der Waals surface area contributed by atoms with Crippen molar-refractivity contribution in [2.75, 3.05) is 18.0 Å². The fraction of sp³-hybridized carbons (Fsp3) is 0.529. The Morgan fingerprint density at radius 3 is 2.87 bits per heavy atom. The van der Waals surface area contributed by atoms with Crippen LogP contribution in [0, 0.1) is 24.6 Å². The highest BCUT2D eigenvalue weighted by atomic mass is 19.1. The second kappa shape index (κ2) is 6.28. The number of nitrogens with two attached hydrogens (primary N) is 1. The maximum absolute atomic E-state index is 14.0. The lowest BCUT2D eigenvalue weighted by Crippen LogP contribution is -2.41. The van der Waals surface area contributed by atoms with Gasteiger partial charge < -0.3 is 16.0 Å². The van der Waals surface area contributed by atoms with Crippen LogP contribution in [0.3, 0.4) is 0 Å². The second-order valence-corrected chi connectivity index (χ2v) is 6.61. The van der Waals surface area contributed by atoms with E-state index in [0.29, 0.717) is 12.5 Å². The Balaban J connectivity index is 1.61. The summed E-state index contributed by atoms with van der Waals surface area (Å²) in [5.41, 5.74) is 7.00. The lowest BCUT2D eigenvalue weighted by Gasteiger charge is -2.18. The van der Waals surface area contributed by atoms with E-state index in [-0.39, 0.29) is 36.5 Å². The molecule has 1 aliphatic carbocycles. The van der Waals surface area contributed by atoms with Gasteiger partial charge in [0.1, 0.15) is 5.82 Å². The van der Waals surface area contributed by atoms with Crippen LogP contribution in [0.25, 0.3) is 0 Å². The van der Waals surface area contributed by atoms with Gasteiger partial charge in [-0.1, -0.05) is 6.07 Å². The number of amides is 2. The summed E-state index contributed by atoms with van der Waals surface area (Å²) in [6.45, 7) is 2.44. The van der Waals surface area contributed by atoms with Crippen molar-refractivity contribution < 1.29 is 14.0 Å². The van der Waals surface area contributed by atoms with E-state index < -0.39 is 11.7 Å². The van der Waals surface area contributed by atoms with Gasteiger partial charge in [-0.15, -0.1) is 0 Å². The van der Waals surface area contributed by atoms with Gasteiger partial charge in [0.05, 0.1) is 11.6 Å². The average Bonchev–Trinajstić information content (AvgIpc) is 3.28. The molecule has 0 radical (unpaired) electrons. The molecule has 2 fully saturated rings. The summed E-state index contributed by atoms with van der Waals surface area (Å²) in [7, 11) is 0. The number of hydrogen-bond acceptors (Lipinski definition) is 3. The quantitative estimate of drug-likeness (QED) is 0.860. The standard InChI is InChI=1S/C17H22FN3O2/c1-10-2-5-15(13(18)6-10)21-9-12(7-16(21)22)17(23)20-8-14(19)11-3-4-11/h2,5-6,11-12,14H,3-4,7-9,19H2,1H3,(H,20,23). The second-order valence-electron chi connectivity index (χ2n) is 6.61. The fourth-order valence-corrected chi connectivity index (χ4v) is 3.00. The van der Waals surface area contributed by atoms with E-state index in [1.807, 2.05) is 0 Å². The van der Waals surface area contributed by atoms with Crippen molar-refractivity contribution in [2.45, 2.75) is 32.2 Å². The van der Waals surface area contributed by atoms with E-state index in [9.17, 15) is 14.0 Å². The number of carbonyl (C=O) groups excluding carboxylic acids is 2. The van der Waals surface area contributed by atoms with Gasteiger partial charge in [-0.3, -0.25) is 9.59 Å². The number of carbonyl (C=O) groups is 2. The lowest BCUT2D eigenvalue weighted by molar-refractivity contribution is -0.126. The molecule has 3 rings (SSSR count). The maximum Gasteiger partial charge on any atom is 0.227 e. The van der Waals surface area contributed by atoms with E-state index in [1.165, 1.54) is 11.0 Å². The molecule has 0 aromatic heterocycles. The molecule has 2 unspecified atom stereocenters. The van der Waals surface area contributed by atoms with Gasteiger partial charge in [0.2, 0.25) is 11.8 Å². The van der Waals surface area contributed by atoms with Gasteiger partial charge in [0.25, 0.3) is 0 Å². The first kappa shape index (κ1) is 15.9. The zero-order valence-corrected chi connectivity index (χ0v) is 13.2. The molecule has 0 spiro atoms. The number of nitrogens with zero attached hydrogens (tertiary/aromatic N) is 1. The minimum Gasteiger partial charge on any atom is -0.354 e. The Labute approximate surface area is 135 Å². The molecule has 2 atom stereocenters. The highest BCUT2D eigenvalue weighted by molar-refractivity contribution is 6.00. The molecule has 2 amide bonds. The van der Waals surface area contributed by atoms with Crippen molar-refractivity contribution in [3.63, 3.8) is 0 Å². The summed E-state index contributed by atoms with van der Waals surface area (Å²) in [5.74, 6) is -0.771. The molecule has 6 heteroatoms. The fourth-order valence-electron chi connectivity index (χ4n) is 3.00. The number of nitrogens with one attached hydrogen (secondary N) is 1. The predicted molar refractivity (Wildman–Crippen MR) is 85.3 cm³/mol. The molecule has 124 valence electrons. The Hall–Kier alpha value is -1.95. The predicted octanol–water partition coefficient (Wildman–Crippen LogP) is 1.34. The topological polar surface area (TPSA) is 75.4 Å². The highest BCUT2D eigenvalue weighted by Crippen LogP contribution is 2.31. The number of benzene rings is 1. The first-order valence-corrected chi connectivity index (χ1v) is 8.05. The first-order valence-electron chi connectivity index (χ1n) is 8.05. The molecule has 2 aliphatic rings. The van der Waals surface area contributed by atoms with Crippen LogP contribution in [0.4, 0.5) is 10.1 Å². The molecule has 1 aromatic rings. The van der Waals surface area contributed by atoms with E-state index in [2.05, 4.69) is 5.32 Å². The molecule has 1 saturated carbocycles. The van der Waals surface area contributed by atoms with Crippen molar-refractivity contribution in [2.24, 2.45) is 17.6 Å². The highest BCUT2D eigenvalue weighted by Gasteiger charge is 2.36. The van der Waals surface area contributed by atoms with Crippen LogP contribution in [0.1, 0.15) is 24.8 Å².